The van der Waals surface area contributed by atoms with Crippen molar-refractivity contribution in [2.75, 3.05) is 34.4 Å². The van der Waals surface area contributed by atoms with Crippen molar-refractivity contribution in [2.45, 2.75) is 210 Å². The minimum absolute atomic E-state index is 0.0333. The summed E-state index contributed by atoms with van der Waals surface area (Å²) in [5.74, 6) is -0.767. The number of ether oxygens (including phenoxy) is 6. The Balaban J connectivity index is 0.000000171. The van der Waals surface area contributed by atoms with E-state index in [9.17, 15) is 56.7 Å². The number of likely N-dealkylation sites (tertiary alicyclic amines) is 2. The number of esters is 1. The van der Waals surface area contributed by atoms with Crippen LogP contribution in [-0.2, 0) is 57.3 Å². The maximum atomic E-state index is 14.6. The number of carboxylic acid groups (broad SMARTS) is 1. The number of nitrogens with one attached hydrogen (secondary N) is 5. The van der Waals surface area contributed by atoms with Crippen LogP contribution in [0.5, 0.6) is 17.2 Å². The predicted molar refractivity (Wildman–Crippen MR) is 464 cm³/mol. The summed E-state index contributed by atoms with van der Waals surface area (Å²) in [6, 6.07) is 11.6. The van der Waals surface area contributed by atoms with E-state index in [0.29, 0.717) is 95.2 Å². The molecular formula is C87H103BrCl2N10O19S3. The summed E-state index contributed by atoms with van der Waals surface area (Å²) in [4.78, 5) is 140. The minimum Gasteiger partial charge on any atom is -0.495 e. The van der Waals surface area contributed by atoms with Crippen LogP contribution in [0, 0.1) is 46.3 Å². The second-order valence-corrected chi connectivity index (χ2v) is 40.6. The Morgan fingerprint density at radius 3 is 1.57 bits per heavy atom. The number of methoxy groups -OCH3 is 3. The molecule has 122 heavy (non-hydrogen) atoms. The average Bonchev–Trinajstić information content (AvgIpc) is 1.57. The van der Waals surface area contributed by atoms with Crippen LogP contribution >= 0.6 is 61.8 Å². The Labute approximate surface area is 734 Å². The average molecular weight is 1840 g/mol. The molecule has 0 radical (unpaired) electrons. The zero-order valence-corrected chi connectivity index (χ0v) is 75.7. The summed E-state index contributed by atoms with van der Waals surface area (Å²) in [6.45, 7) is 26.2. The fourth-order valence-corrected chi connectivity index (χ4v) is 20.4. The standard InChI is InChI=1S/C40H48ClN5O8S.C31H40BrN3O9S.C16H15ClN2O2S/c1-8-22-16-40(22,37(49)50)45-34(47)28-14-24(17-46(28)36(48)33(39(4,5)6)44-38(51)54-23-12-20-11-21(20)13-23)53-30-15-26(27-18-55-35(43-27)19(2)3)42-32-25(30)9-10-29(52-7)31(32)41;1-6-19-15-31(19,28(38)42-5)34-26(36)24-14-22(44-45(40,41)23-9-7-20(32)8-10-23)16-35(24)27(37)25(30(2,3)4)33-29(39)43-21-12-17-11-18(17)13-21;1-8(2)16-19-11(7-22-16)10-6-12(20)9-4-5-13(21-3)14(17)15(9)18-10/h8-10,15,18-24,28,33H,1,11-14,16-17H2,2-7H3,(H,44,51)(H,45,47)(H,49,50);6-10,17-19,21-22,24-25H,1,11-16H2,2-5H3,(H,33,39)(H,34,36);4-8H,1-3H3,(H,18,20)/t20-,21+,22-,23?,24-,28+,33-,40-;17-,18+,19-,21?,22+,24+,25-,31-;/m11./s1. The van der Waals surface area contributed by atoms with Gasteiger partial charge in [0.2, 0.25) is 23.6 Å². The fourth-order valence-electron chi connectivity index (χ4n) is 16.8. The van der Waals surface area contributed by atoms with E-state index in [1.165, 1.54) is 60.0 Å². The van der Waals surface area contributed by atoms with Gasteiger partial charge >= 0.3 is 24.1 Å². The summed E-state index contributed by atoms with van der Waals surface area (Å²) in [5.41, 5.74) is -0.964. The molecule has 6 heterocycles. The van der Waals surface area contributed by atoms with Crippen LogP contribution in [0.3, 0.4) is 0 Å². The number of benzene rings is 3. The smallest absolute Gasteiger partial charge is 0.408 e. The second-order valence-electron chi connectivity index (χ2n) is 35.5. The summed E-state index contributed by atoms with van der Waals surface area (Å²) in [5, 5.41) is 28.7. The molecule has 3 aromatic carbocycles. The number of pyridine rings is 2. The van der Waals surface area contributed by atoms with E-state index in [4.69, 9.17) is 65.8 Å². The molecule has 0 spiro atoms. The Hall–Kier alpha value is -9.25. The van der Waals surface area contributed by atoms with Crippen LogP contribution in [0.2, 0.25) is 10.0 Å². The van der Waals surface area contributed by atoms with Crippen molar-refractivity contribution in [3.8, 4) is 40.0 Å². The molecular weight excluding hydrogens is 1740 g/mol. The van der Waals surface area contributed by atoms with Gasteiger partial charge in [-0.3, -0.25) is 28.2 Å². The first-order valence-corrected chi connectivity index (χ1v) is 45.4. The molecule has 16 atom stereocenters. The number of hydrogen-bond donors (Lipinski definition) is 6. The topological polar surface area (TPSA) is 382 Å². The molecule has 6 aliphatic carbocycles. The highest BCUT2D eigenvalue weighted by Gasteiger charge is 2.63. The Morgan fingerprint density at radius 1 is 0.615 bits per heavy atom. The van der Waals surface area contributed by atoms with Gasteiger partial charge < -0.3 is 69.6 Å². The number of hydrogen-bond acceptors (Lipinski definition) is 23. The molecule has 6 saturated carbocycles. The van der Waals surface area contributed by atoms with E-state index in [1.807, 2.05) is 31.5 Å². The van der Waals surface area contributed by atoms with Crippen molar-refractivity contribution in [1.29, 1.82) is 0 Å². The van der Waals surface area contributed by atoms with E-state index in [1.54, 1.807) is 93.8 Å². The summed E-state index contributed by atoms with van der Waals surface area (Å²) in [6.07, 6.45) is 5.34. The number of amides is 6. The van der Waals surface area contributed by atoms with Crippen LogP contribution in [-0.4, -0.2) is 185 Å². The van der Waals surface area contributed by atoms with Crippen LogP contribution in [0.25, 0.3) is 44.6 Å². The molecule has 4 aromatic heterocycles. The van der Waals surface area contributed by atoms with Gasteiger partial charge in [-0.05, 0) is 134 Å². The van der Waals surface area contributed by atoms with Gasteiger partial charge in [0.1, 0.15) is 86.5 Å². The van der Waals surface area contributed by atoms with Gasteiger partial charge in [0.05, 0.1) is 77.0 Å². The highest BCUT2D eigenvalue weighted by atomic mass is 79.9. The van der Waals surface area contributed by atoms with Gasteiger partial charge in [-0.15, -0.1) is 35.8 Å². The molecule has 2 unspecified atom stereocenters. The second kappa shape index (κ2) is 35.8. The number of carbonyl (C=O) groups is 8. The van der Waals surface area contributed by atoms with Crippen molar-refractivity contribution < 1.29 is 84.5 Å². The number of carbonyl (C=O) groups excluding carboxylic acids is 7. The monoisotopic (exact) mass is 1840 g/mol. The zero-order valence-electron chi connectivity index (χ0n) is 70.1. The molecule has 8 fully saturated rings. The number of aliphatic carboxylic acids is 1. The largest absolute Gasteiger partial charge is 0.495 e. The molecule has 35 heteroatoms. The van der Waals surface area contributed by atoms with Crippen molar-refractivity contribution in [3.63, 3.8) is 0 Å². The Morgan fingerprint density at radius 2 is 1.09 bits per heavy atom. The molecule has 29 nitrogen and oxygen atoms in total. The molecule has 7 aromatic rings. The van der Waals surface area contributed by atoms with Crippen molar-refractivity contribution >= 4 is 141 Å². The number of carboxylic acids is 1. The number of nitrogens with zero attached hydrogens (tertiary/aromatic N) is 5. The Kier molecular flexibility index (Phi) is 26.5. The minimum atomic E-state index is -4.26. The van der Waals surface area contributed by atoms with Gasteiger partial charge in [-0.2, -0.15) is 8.42 Å². The third kappa shape index (κ3) is 19.5. The third-order valence-electron chi connectivity index (χ3n) is 24.0. The number of halogens is 3. The fraction of sp³-hybridized carbons (Fsp3) is 0.517. The molecule has 15 rings (SSSR count). The lowest BCUT2D eigenvalue weighted by Crippen LogP contribution is -2.59. The van der Waals surface area contributed by atoms with Crippen molar-refractivity contribution in [3.05, 3.63) is 131 Å². The van der Waals surface area contributed by atoms with Crippen LogP contribution in [0.15, 0.2) is 111 Å². The van der Waals surface area contributed by atoms with E-state index in [0.717, 1.165) is 47.8 Å². The van der Waals surface area contributed by atoms with E-state index in [2.05, 4.69) is 88.0 Å². The molecule has 8 aliphatic rings. The van der Waals surface area contributed by atoms with Gasteiger partial charge in [0.15, 0.2) is 5.43 Å². The van der Waals surface area contributed by atoms with Crippen LogP contribution in [0.1, 0.15) is 155 Å². The van der Waals surface area contributed by atoms with Crippen molar-refractivity contribution in [2.24, 2.45) is 46.3 Å². The maximum absolute atomic E-state index is 14.6. The lowest BCUT2D eigenvalue weighted by molar-refractivity contribution is -0.148. The molecule has 654 valence electrons. The maximum Gasteiger partial charge on any atom is 0.408 e. The number of thiazole rings is 2. The number of H-pyrrole nitrogens is 1. The number of aromatic amines is 1. The first kappa shape index (κ1) is 90.5. The lowest BCUT2D eigenvalue weighted by atomic mass is 9.85. The number of rotatable bonds is 25. The van der Waals surface area contributed by atoms with Gasteiger partial charge in [0.25, 0.3) is 10.1 Å². The summed E-state index contributed by atoms with van der Waals surface area (Å²) in [7, 11) is 0.0138. The summed E-state index contributed by atoms with van der Waals surface area (Å²) < 4.78 is 66.2. The van der Waals surface area contributed by atoms with Gasteiger partial charge in [-0.1, -0.05) is 121 Å². The first-order valence-electron chi connectivity index (χ1n) is 40.7. The van der Waals surface area contributed by atoms with E-state index >= 15 is 0 Å². The van der Waals surface area contributed by atoms with E-state index in [-0.39, 0.29) is 78.2 Å². The van der Waals surface area contributed by atoms with Crippen molar-refractivity contribution in [1.82, 2.24) is 51.0 Å². The van der Waals surface area contributed by atoms with Gasteiger partial charge in [0, 0.05) is 81.2 Å². The molecule has 6 amide bonds. The van der Waals surface area contributed by atoms with Gasteiger partial charge in [-0.25, -0.2) is 34.1 Å². The van der Waals surface area contributed by atoms with E-state index < -0.39 is 122 Å². The first-order chi connectivity index (χ1) is 57.6. The molecule has 2 saturated heterocycles. The lowest BCUT2D eigenvalue weighted by Gasteiger charge is -2.35. The highest BCUT2D eigenvalue weighted by molar-refractivity contribution is 9.10. The molecule has 0 bridgehead atoms. The quantitative estimate of drug-likeness (QED) is 0.0134. The third-order valence-corrected chi connectivity index (χ3v) is 29.0. The number of aromatic nitrogens is 4. The number of alkyl carbamates (subject to hydrolysis) is 2. The number of fused-ring (bicyclic) bond motifs is 4. The van der Waals surface area contributed by atoms with Crippen LogP contribution in [0.4, 0.5) is 9.59 Å². The predicted octanol–water partition coefficient (Wildman–Crippen LogP) is 14.3. The highest BCUT2D eigenvalue weighted by Crippen LogP contribution is 2.54. The molecule has 6 N–H and O–H groups in total. The summed E-state index contributed by atoms with van der Waals surface area (Å²) >= 11 is 19.5. The van der Waals surface area contributed by atoms with Crippen LogP contribution < -0.4 is 40.9 Å². The Bertz CT molecular complexity index is 5420. The normalized spacial score (nSPS) is 25.8. The SMILES string of the molecule is C=C[C@@H]1C[C@]1(NC(=O)[C@@H]1C[C@@H](Oc2cc(-c3csc(C(C)C)n3)nc3c(Cl)c(OC)ccc23)CN1C(=O)[C@@H](NC(=O)OC1C[C@@H]2C[C@@H]2C1)C(C)(C)C)C(=O)O.C=C[C@@H]1C[C@]1(NC(=O)[C@@H]1C[C@H](OS(=O)(=O)c2ccc(Br)cc2)CN1C(=O)[C@@H](NC(=O)OC1C[C@@H]2C[C@@H]2C1)C(C)(C)C)C(=O)OC.COc1ccc2c(=O)cc(-c3csc(C(C)C)n3)[nH]c2c1Cl. The molecule has 2 aliphatic heterocycles. The zero-order chi connectivity index (χ0) is 88.3.